The molecule has 188 valence electrons. The first-order valence-corrected chi connectivity index (χ1v) is 12.4. The van der Waals surface area contributed by atoms with Crippen LogP contribution in [-0.4, -0.2) is 37.1 Å². The maximum Gasteiger partial charge on any atom is 0.228 e. The summed E-state index contributed by atoms with van der Waals surface area (Å²) in [5.74, 6) is -0.141. The number of fused-ring (bicyclic) bond motifs is 1. The van der Waals surface area contributed by atoms with Crippen LogP contribution in [-0.2, 0) is 6.42 Å². The molecular weight excluding hydrogens is 460 g/mol. The molecule has 9 heteroatoms. The number of anilines is 2. The van der Waals surface area contributed by atoms with Gasteiger partial charge in [-0.25, -0.2) is 28.7 Å². The predicted molar refractivity (Wildman–Crippen MR) is 137 cm³/mol. The highest BCUT2D eigenvalue weighted by Crippen LogP contribution is 2.37. The van der Waals surface area contributed by atoms with Gasteiger partial charge in [-0.3, -0.25) is 0 Å². The fraction of sp³-hybridized carbons (Fsp3) is 0.407. The Morgan fingerprint density at radius 2 is 2.00 bits per heavy atom. The summed E-state index contributed by atoms with van der Waals surface area (Å²) in [6.07, 6.45) is 8.13. The Kier molecular flexibility index (Phi) is 6.66. The number of aryl methyl sites for hydroxylation is 1. The largest absolute Gasteiger partial charge is 0.329 e. The van der Waals surface area contributed by atoms with E-state index in [-0.39, 0.29) is 23.7 Å². The smallest absolute Gasteiger partial charge is 0.228 e. The van der Waals surface area contributed by atoms with Crippen molar-refractivity contribution in [2.45, 2.75) is 64.5 Å². The Morgan fingerprint density at radius 1 is 1.17 bits per heavy atom. The number of nitrogens with zero attached hydrogens (tertiary/aromatic N) is 5. The van der Waals surface area contributed by atoms with Gasteiger partial charge in [-0.2, -0.15) is 0 Å². The van der Waals surface area contributed by atoms with Crippen LogP contribution in [0.3, 0.4) is 0 Å². The minimum absolute atomic E-state index is 0.110. The lowest BCUT2D eigenvalue weighted by Gasteiger charge is -2.25. The SMILES string of the molecule is C=C(c1ccc(Nc2ncc(F)c(C3C=C(F)c4nc(C)n(C(C)C)c4C3)n2)nc1)C1CCCCN1. The highest BCUT2D eigenvalue weighted by atomic mass is 19.1. The average molecular weight is 492 g/mol. The van der Waals surface area contributed by atoms with Crippen LogP contribution < -0.4 is 10.6 Å². The molecule has 0 aromatic carbocycles. The first-order chi connectivity index (χ1) is 17.3. The highest BCUT2D eigenvalue weighted by Gasteiger charge is 2.30. The lowest BCUT2D eigenvalue weighted by atomic mass is 9.92. The minimum atomic E-state index is -0.579. The second-order valence-corrected chi connectivity index (χ2v) is 9.75. The average Bonchev–Trinajstić information content (AvgIpc) is 3.22. The van der Waals surface area contributed by atoms with Crippen molar-refractivity contribution < 1.29 is 8.78 Å². The molecule has 0 saturated carbocycles. The molecule has 1 aliphatic carbocycles. The van der Waals surface area contributed by atoms with Crippen molar-refractivity contribution in [2.24, 2.45) is 0 Å². The van der Waals surface area contributed by atoms with Crippen LogP contribution in [0, 0.1) is 12.7 Å². The molecule has 2 N–H and O–H groups in total. The molecule has 3 aromatic rings. The van der Waals surface area contributed by atoms with E-state index in [4.69, 9.17) is 0 Å². The lowest BCUT2D eigenvalue weighted by molar-refractivity contribution is 0.463. The van der Waals surface area contributed by atoms with Gasteiger partial charge in [-0.15, -0.1) is 0 Å². The van der Waals surface area contributed by atoms with Gasteiger partial charge in [-0.05, 0) is 69.5 Å². The Labute approximate surface area is 209 Å². The number of halogens is 2. The highest BCUT2D eigenvalue weighted by molar-refractivity contribution is 5.68. The van der Waals surface area contributed by atoms with Gasteiger partial charge in [0, 0.05) is 36.3 Å². The van der Waals surface area contributed by atoms with Crippen molar-refractivity contribution in [1.29, 1.82) is 0 Å². The standard InChI is InChI=1S/C27H31F2N7/c1-15(2)36-17(4)33-26-20(28)11-19(12-23(26)36)25-21(29)14-32-27(35-25)34-24-9-8-18(13-31-24)16(3)22-7-5-6-10-30-22/h8-9,11,13-15,19,22,30H,3,5-7,10,12H2,1-2,4H3,(H,31,32,34,35). The Bertz CT molecular complexity index is 1300. The van der Waals surface area contributed by atoms with Crippen LogP contribution in [0.2, 0.25) is 0 Å². The molecule has 1 fully saturated rings. The topological polar surface area (TPSA) is 80.6 Å². The normalized spacial score (nSPS) is 19.7. The van der Waals surface area contributed by atoms with Crippen molar-refractivity contribution in [3.63, 3.8) is 0 Å². The third-order valence-electron chi connectivity index (χ3n) is 6.92. The number of imidazole rings is 1. The molecule has 1 aliphatic heterocycles. The van der Waals surface area contributed by atoms with Crippen LogP contribution in [0.5, 0.6) is 0 Å². The maximum atomic E-state index is 15.0. The van der Waals surface area contributed by atoms with Crippen LogP contribution in [0.4, 0.5) is 20.5 Å². The first kappa shape index (κ1) is 24.2. The molecule has 0 amide bonds. The summed E-state index contributed by atoms with van der Waals surface area (Å²) in [5.41, 5.74) is 3.21. The summed E-state index contributed by atoms with van der Waals surface area (Å²) >= 11 is 0. The van der Waals surface area contributed by atoms with E-state index in [1.165, 1.54) is 18.9 Å². The van der Waals surface area contributed by atoms with Gasteiger partial charge in [-0.1, -0.05) is 13.0 Å². The van der Waals surface area contributed by atoms with Gasteiger partial charge in [0.15, 0.2) is 5.82 Å². The maximum absolute atomic E-state index is 15.0. The van der Waals surface area contributed by atoms with E-state index in [1.807, 2.05) is 37.5 Å². The van der Waals surface area contributed by atoms with Gasteiger partial charge in [0.1, 0.15) is 23.2 Å². The summed E-state index contributed by atoms with van der Waals surface area (Å²) in [4.78, 5) is 17.3. The molecule has 36 heavy (non-hydrogen) atoms. The van der Waals surface area contributed by atoms with Crippen molar-refractivity contribution in [3.05, 3.63) is 71.5 Å². The number of pyridine rings is 1. The summed E-state index contributed by atoms with van der Waals surface area (Å²) in [5, 5.41) is 6.54. The van der Waals surface area contributed by atoms with Gasteiger partial charge in [0.25, 0.3) is 0 Å². The van der Waals surface area contributed by atoms with Crippen molar-refractivity contribution in [2.75, 3.05) is 11.9 Å². The van der Waals surface area contributed by atoms with Gasteiger partial charge in [0.05, 0.1) is 11.9 Å². The Hall–Kier alpha value is -3.46. The van der Waals surface area contributed by atoms with Gasteiger partial charge >= 0.3 is 0 Å². The van der Waals surface area contributed by atoms with Gasteiger partial charge in [0.2, 0.25) is 5.95 Å². The number of hydrogen-bond acceptors (Lipinski definition) is 6. The fourth-order valence-electron chi connectivity index (χ4n) is 5.18. The van der Waals surface area contributed by atoms with E-state index in [0.717, 1.165) is 41.8 Å². The van der Waals surface area contributed by atoms with Crippen LogP contribution in [0.15, 0.2) is 37.2 Å². The van der Waals surface area contributed by atoms with E-state index in [9.17, 15) is 8.78 Å². The van der Waals surface area contributed by atoms with Gasteiger partial charge < -0.3 is 15.2 Å². The number of nitrogens with one attached hydrogen (secondary N) is 2. The zero-order chi connectivity index (χ0) is 25.4. The summed E-state index contributed by atoms with van der Waals surface area (Å²) < 4.78 is 31.8. The van der Waals surface area contributed by atoms with E-state index in [2.05, 4.69) is 37.1 Å². The molecule has 5 rings (SSSR count). The van der Waals surface area contributed by atoms with Crippen LogP contribution >= 0.6 is 0 Å². The number of piperidine rings is 1. The number of rotatable bonds is 6. The third-order valence-corrected chi connectivity index (χ3v) is 6.92. The molecule has 0 bridgehead atoms. The number of allylic oxidation sites excluding steroid dienone is 1. The van der Waals surface area contributed by atoms with Crippen molar-refractivity contribution in [1.82, 2.24) is 29.8 Å². The zero-order valence-corrected chi connectivity index (χ0v) is 20.9. The predicted octanol–water partition coefficient (Wildman–Crippen LogP) is 5.65. The Morgan fingerprint density at radius 3 is 2.69 bits per heavy atom. The molecule has 2 atom stereocenters. The monoisotopic (exact) mass is 491 g/mol. The van der Waals surface area contributed by atoms with E-state index in [1.54, 1.807) is 6.20 Å². The summed E-state index contributed by atoms with van der Waals surface area (Å²) in [7, 11) is 0. The minimum Gasteiger partial charge on any atom is -0.329 e. The third kappa shape index (κ3) is 4.67. The van der Waals surface area contributed by atoms with Crippen molar-refractivity contribution in [3.8, 4) is 0 Å². The Balaban J connectivity index is 1.35. The van der Waals surface area contributed by atoms with Crippen LogP contribution in [0.1, 0.15) is 73.5 Å². The second-order valence-electron chi connectivity index (χ2n) is 9.75. The zero-order valence-electron chi connectivity index (χ0n) is 20.9. The first-order valence-electron chi connectivity index (χ1n) is 12.4. The summed E-state index contributed by atoms with van der Waals surface area (Å²) in [6, 6.07) is 4.16. The van der Waals surface area contributed by atoms with E-state index < -0.39 is 17.6 Å². The molecule has 1 saturated heterocycles. The summed E-state index contributed by atoms with van der Waals surface area (Å²) in [6.45, 7) is 11.1. The molecule has 2 aliphatic rings. The fourth-order valence-corrected chi connectivity index (χ4v) is 5.18. The molecular formula is C27H31F2N7. The van der Waals surface area contributed by atoms with E-state index >= 15 is 0 Å². The van der Waals surface area contributed by atoms with Crippen LogP contribution in [0.25, 0.3) is 11.4 Å². The molecule has 3 aromatic heterocycles. The lowest BCUT2D eigenvalue weighted by Crippen LogP contribution is -2.34. The molecule has 0 radical (unpaired) electrons. The molecule has 7 nitrogen and oxygen atoms in total. The second kappa shape index (κ2) is 9.89. The quantitative estimate of drug-likeness (QED) is 0.464. The van der Waals surface area contributed by atoms with Crippen molar-refractivity contribution >= 4 is 23.2 Å². The molecule has 2 unspecified atom stereocenters. The van der Waals surface area contributed by atoms with E-state index in [0.29, 0.717) is 17.9 Å². The molecule has 4 heterocycles. The number of hydrogen-bond donors (Lipinski definition) is 2. The molecule has 0 spiro atoms. The number of aromatic nitrogens is 5.